The Labute approximate surface area is 238 Å². The summed E-state index contributed by atoms with van der Waals surface area (Å²) in [5.41, 5.74) is 1.36. The standard InChI is InChI=1S/C30H43N3O6S/c1-5-28(30(35)31-24-11-7-6-8-12-24)32(22-23-16-18-26(38-2)19-17-23)29(34)15-10-20-33(40(4,36)37)25-13-9-14-27(21-25)39-3/h9,13-14,16-19,21,24,28H,5-8,10-12,15,20,22H2,1-4H3,(H,31,35)/t28-/m0/s1. The number of anilines is 1. The molecule has 10 heteroatoms. The third-order valence-electron chi connectivity index (χ3n) is 7.34. The Morgan fingerprint density at radius 2 is 1.68 bits per heavy atom. The van der Waals surface area contributed by atoms with Gasteiger partial charge in [-0.3, -0.25) is 13.9 Å². The van der Waals surface area contributed by atoms with Gasteiger partial charge in [0.15, 0.2) is 0 Å². The molecule has 0 bridgehead atoms. The maximum absolute atomic E-state index is 13.7. The minimum atomic E-state index is -3.59. The SMILES string of the molecule is CC[C@@H](C(=O)NC1CCCCC1)N(Cc1ccc(OC)cc1)C(=O)CCCN(c1cccc(OC)c1)S(C)(=O)=O. The van der Waals surface area contributed by atoms with Crippen LogP contribution in [0.3, 0.4) is 0 Å². The zero-order valence-corrected chi connectivity index (χ0v) is 24.9. The van der Waals surface area contributed by atoms with Crippen LogP contribution in [0.5, 0.6) is 11.5 Å². The van der Waals surface area contributed by atoms with Crippen LogP contribution in [0.25, 0.3) is 0 Å². The predicted molar refractivity (Wildman–Crippen MR) is 157 cm³/mol. The van der Waals surface area contributed by atoms with E-state index >= 15 is 0 Å². The van der Waals surface area contributed by atoms with Crippen molar-refractivity contribution in [2.24, 2.45) is 0 Å². The van der Waals surface area contributed by atoms with Crippen molar-refractivity contribution >= 4 is 27.5 Å². The highest BCUT2D eigenvalue weighted by Crippen LogP contribution is 2.24. The topological polar surface area (TPSA) is 105 Å². The van der Waals surface area contributed by atoms with Crippen LogP contribution in [0.2, 0.25) is 0 Å². The van der Waals surface area contributed by atoms with Gasteiger partial charge in [-0.25, -0.2) is 8.42 Å². The van der Waals surface area contributed by atoms with Crippen LogP contribution in [0, 0.1) is 0 Å². The molecule has 0 radical (unpaired) electrons. The van der Waals surface area contributed by atoms with Crippen molar-refractivity contribution in [2.45, 2.75) is 76.9 Å². The number of carbonyl (C=O) groups is 2. The number of benzene rings is 2. The Hall–Kier alpha value is -3.27. The molecule has 1 aliphatic rings. The molecule has 1 fully saturated rings. The van der Waals surface area contributed by atoms with E-state index in [0.29, 0.717) is 30.0 Å². The Morgan fingerprint density at radius 3 is 2.27 bits per heavy atom. The normalized spacial score (nSPS) is 14.7. The second-order valence-corrected chi connectivity index (χ2v) is 12.2. The number of hydrogen-bond donors (Lipinski definition) is 1. The lowest BCUT2D eigenvalue weighted by molar-refractivity contribution is -0.141. The molecule has 0 spiro atoms. The highest BCUT2D eigenvalue weighted by atomic mass is 32.2. The number of carbonyl (C=O) groups excluding carboxylic acids is 2. The van der Waals surface area contributed by atoms with E-state index in [9.17, 15) is 18.0 Å². The van der Waals surface area contributed by atoms with E-state index in [2.05, 4.69) is 5.32 Å². The van der Waals surface area contributed by atoms with E-state index in [1.54, 1.807) is 36.3 Å². The van der Waals surface area contributed by atoms with Crippen molar-refractivity contribution in [3.63, 3.8) is 0 Å². The fourth-order valence-electron chi connectivity index (χ4n) is 5.16. The lowest BCUT2D eigenvalue weighted by atomic mass is 9.95. The Balaban J connectivity index is 1.76. The largest absolute Gasteiger partial charge is 0.497 e. The molecule has 9 nitrogen and oxygen atoms in total. The number of nitrogens with zero attached hydrogens (tertiary/aromatic N) is 2. The average Bonchev–Trinajstić information content (AvgIpc) is 2.95. The van der Waals surface area contributed by atoms with Crippen molar-refractivity contribution in [3.05, 3.63) is 54.1 Å². The van der Waals surface area contributed by atoms with Gasteiger partial charge in [-0.15, -0.1) is 0 Å². The average molecular weight is 574 g/mol. The molecule has 2 aromatic carbocycles. The van der Waals surface area contributed by atoms with Gasteiger partial charge < -0.3 is 19.7 Å². The third-order valence-corrected chi connectivity index (χ3v) is 8.54. The van der Waals surface area contributed by atoms with E-state index < -0.39 is 16.1 Å². The Morgan fingerprint density at radius 1 is 1.00 bits per heavy atom. The maximum Gasteiger partial charge on any atom is 0.243 e. The number of rotatable bonds is 14. The van der Waals surface area contributed by atoms with E-state index in [4.69, 9.17) is 9.47 Å². The second kappa shape index (κ2) is 14.9. The highest BCUT2D eigenvalue weighted by Gasteiger charge is 2.30. The van der Waals surface area contributed by atoms with Gasteiger partial charge in [-0.05, 0) is 55.5 Å². The highest BCUT2D eigenvalue weighted by molar-refractivity contribution is 7.92. The molecule has 1 atom stereocenters. The van der Waals surface area contributed by atoms with Gasteiger partial charge in [0.25, 0.3) is 0 Å². The quantitative estimate of drug-likeness (QED) is 0.357. The summed E-state index contributed by atoms with van der Waals surface area (Å²) in [6.45, 7) is 2.30. The number of amides is 2. The van der Waals surface area contributed by atoms with Crippen LogP contribution in [0.4, 0.5) is 5.69 Å². The lowest BCUT2D eigenvalue weighted by Gasteiger charge is -2.33. The minimum Gasteiger partial charge on any atom is -0.497 e. The number of methoxy groups -OCH3 is 2. The first-order valence-corrected chi connectivity index (χ1v) is 15.9. The van der Waals surface area contributed by atoms with Crippen molar-refractivity contribution in [1.82, 2.24) is 10.2 Å². The molecule has 0 aromatic heterocycles. The van der Waals surface area contributed by atoms with Crippen LogP contribution in [0.15, 0.2) is 48.5 Å². The molecule has 0 aliphatic heterocycles. The van der Waals surface area contributed by atoms with Crippen LogP contribution >= 0.6 is 0 Å². The Bertz CT molecular complexity index is 1210. The molecule has 0 saturated heterocycles. The molecule has 3 rings (SSSR count). The van der Waals surface area contributed by atoms with E-state index in [-0.39, 0.29) is 37.4 Å². The monoisotopic (exact) mass is 573 g/mol. The first-order valence-electron chi connectivity index (χ1n) is 14.0. The summed E-state index contributed by atoms with van der Waals surface area (Å²) in [5, 5.41) is 3.18. The van der Waals surface area contributed by atoms with Crippen LogP contribution in [-0.4, -0.2) is 64.2 Å². The lowest BCUT2D eigenvalue weighted by Crippen LogP contribution is -2.51. The molecule has 220 valence electrons. The number of nitrogens with one attached hydrogen (secondary N) is 1. The molecule has 1 saturated carbocycles. The summed E-state index contributed by atoms with van der Waals surface area (Å²) < 4.78 is 37.0. The molecule has 40 heavy (non-hydrogen) atoms. The zero-order valence-electron chi connectivity index (χ0n) is 24.1. The molecular formula is C30H43N3O6S. The molecule has 0 heterocycles. The molecule has 1 aliphatic carbocycles. The summed E-state index contributed by atoms with van der Waals surface area (Å²) in [5.74, 6) is 0.927. The minimum absolute atomic E-state index is 0.0966. The predicted octanol–water partition coefficient (Wildman–Crippen LogP) is 4.51. The summed E-state index contributed by atoms with van der Waals surface area (Å²) in [7, 11) is -0.472. The van der Waals surface area contributed by atoms with Crippen molar-refractivity contribution in [3.8, 4) is 11.5 Å². The summed E-state index contributed by atoms with van der Waals surface area (Å²) >= 11 is 0. The van der Waals surface area contributed by atoms with Crippen LogP contribution < -0.4 is 19.1 Å². The van der Waals surface area contributed by atoms with Crippen molar-refractivity contribution in [2.75, 3.05) is 31.3 Å². The third kappa shape index (κ3) is 8.87. The number of ether oxygens (including phenoxy) is 2. The van der Waals surface area contributed by atoms with E-state index in [1.807, 2.05) is 31.2 Å². The molecule has 2 aromatic rings. The van der Waals surface area contributed by atoms with E-state index in [0.717, 1.165) is 37.5 Å². The van der Waals surface area contributed by atoms with Gasteiger partial charge in [-0.2, -0.15) is 0 Å². The molecular weight excluding hydrogens is 530 g/mol. The molecule has 0 unspecified atom stereocenters. The number of sulfonamides is 1. The van der Waals surface area contributed by atoms with Crippen molar-refractivity contribution < 1.29 is 27.5 Å². The second-order valence-electron chi connectivity index (χ2n) is 10.3. The van der Waals surface area contributed by atoms with Gasteiger partial charge >= 0.3 is 0 Å². The summed E-state index contributed by atoms with van der Waals surface area (Å²) in [4.78, 5) is 28.7. The van der Waals surface area contributed by atoms with Gasteiger partial charge in [0.2, 0.25) is 21.8 Å². The fraction of sp³-hybridized carbons (Fsp3) is 0.533. The van der Waals surface area contributed by atoms with Gasteiger partial charge in [0.1, 0.15) is 17.5 Å². The summed E-state index contributed by atoms with van der Waals surface area (Å²) in [6.07, 6.45) is 7.31. The first-order chi connectivity index (χ1) is 19.2. The fourth-order valence-corrected chi connectivity index (χ4v) is 6.12. The van der Waals surface area contributed by atoms with Gasteiger partial charge in [-0.1, -0.05) is 44.4 Å². The zero-order chi connectivity index (χ0) is 29.1. The van der Waals surface area contributed by atoms with Crippen LogP contribution in [0.1, 0.15) is 63.9 Å². The maximum atomic E-state index is 13.7. The van der Waals surface area contributed by atoms with Gasteiger partial charge in [0.05, 0.1) is 26.2 Å². The smallest absolute Gasteiger partial charge is 0.243 e. The molecule has 1 N–H and O–H groups in total. The van der Waals surface area contributed by atoms with Gasteiger partial charge in [0, 0.05) is 31.6 Å². The van der Waals surface area contributed by atoms with Crippen molar-refractivity contribution in [1.29, 1.82) is 0 Å². The van der Waals surface area contributed by atoms with E-state index in [1.165, 1.54) is 17.8 Å². The number of hydrogen-bond acceptors (Lipinski definition) is 6. The first kappa shape index (κ1) is 31.3. The Kier molecular flexibility index (Phi) is 11.7. The molecule has 2 amide bonds. The van der Waals surface area contributed by atoms with Crippen LogP contribution in [-0.2, 0) is 26.2 Å². The summed E-state index contributed by atoms with van der Waals surface area (Å²) in [6, 6.07) is 13.8.